The summed E-state index contributed by atoms with van der Waals surface area (Å²) in [5, 5.41) is 0. The average Bonchev–Trinajstić information content (AvgIpc) is 2.42. The molecule has 0 atom stereocenters. The molecule has 5 heteroatoms. The third-order valence-corrected chi connectivity index (χ3v) is 4.45. The van der Waals surface area contributed by atoms with E-state index in [0.717, 1.165) is 12.8 Å². The summed E-state index contributed by atoms with van der Waals surface area (Å²) < 4.78 is 28.5. The van der Waals surface area contributed by atoms with Gasteiger partial charge in [-0.05, 0) is 18.6 Å². The van der Waals surface area contributed by atoms with Crippen LogP contribution in [0.4, 0.5) is 0 Å². The van der Waals surface area contributed by atoms with Gasteiger partial charge in [-0.2, -0.15) is 8.42 Å². The average molecular weight is 339 g/mol. The maximum atomic E-state index is 11.8. The Hall–Kier alpha value is 0.606. The summed E-state index contributed by atoms with van der Waals surface area (Å²) in [5.41, 5.74) is 0. The van der Waals surface area contributed by atoms with Crippen LogP contribution in [0.25, 0.3) is 0 Å². The second-order valence-electron chi connectivity index (χ2n) is 5.13. The molecular formula is C16H27KO3S. The Kier molecular flexibility index (Phi) is 13.5. The van der Waals surface area contributed by atoms with Crippen molar-refractivity contribution in [1.82, 2.24) is 0 Å². The van der Waals surface area contributed by atoms with E-state index >= 15 is 0 Å². The zero-order chi connectivity index (χ0) is 14.7. The van der Waals surface area contributed by atoms with Gasteiger partial charge in [0.2, 0.25) is 0 Å². The Morgan fingerprint density at radius 1 is 0.857 bits per heavy atom. The van der Waals surface area contributed by atoms with Gasteiger partial charge in [-0.25, -0.2) is 0 Å². The van der Waals surface area contributed by atoms with E-state index in [1.807, 2.05) is 6.07 Å². The molecule has 1 rings (SSSR count). The first kappa shape index (κ1) is 21.6. The Morgan fingerprint density at radius 3 is 1.95 bits per heavy atom. The molecule has 0 aliphatic carbocycles. The first-order chi connectivity index (χ1) is 9.64. The van der Waals surface area contributed by atoms with Crippen LogP contribution in [0.5, 0.6) is 5.75 Å². The zero-order valence-electron chi connectivity index (χ0n) is 12.4. The summed E-state index contributed by atoms with van der Waals surface area (Å²) in [6.45, 7) is 2.21. The van der Waals surface area contributed by atoms with Gasteiger partial charge in [0.15, 0.2) is 0 Å². The van der Waals surface area contributed by atoms with Crippen LogP contribution in [0, 0.1) is 0 Å². The summed E-state index contributed by atoms with van der Waals surface area (Å²) in [6, 6.07) is 8.68. The van der Waals surface area contributed by atoms with Gasteiger partial charge in [-0.15, -0.1) is 0 Å². The van der Waals surface area contributed by atoms with Crippen molar-refractivity contribution in [1.29, 1.82) is 0 Å². The van der Waals surface area contributed by atoms with Crippen molar-refractivity contribution in [2.75, 3.05) is 5.75 Å². The van der Waals surface area contributed by atoms with Crippen LogP contribution in [0.15, 0.2) is 30.3 Å². The molecule has 0 radical (unpaired) electrons. The van der Waals surface area contributed by atoms with Gasteiger partial charge in [0.1, 0.15) is 5.75 Å². The molecule has 0 N–H and O–H groups in total. The van der Waals surface area contributed by atoms with Gasteiger partial charge in [0, 0.05) is 0 Å². The molecule has 0 saturated heterocycles. The number of hydrogen-bond donors (Lipinski definition) is 0. The number of benzene rings is 1. The predicted octanol–water partition coefficient (Wildman–Crippen LogP) is 3.89. The number of unbranched alkanes of at least 4 members (excludes halogenated alkanes) is 7. The first-order valence-corrected chi connectivity index (χ1v) is 9.19. The van der Waals surface area contributed by atoms with E-state index < -0.39 is 10.1 Å². The van der Waals surface area contributed by atoms with Crippen LogP contribution in [0.2, 0.25) is 0 Å². The van der Waals surface area contributed by atoms with Crippen LogP contribution in [0.3, 0.4) is 0 Å². The molecule has 0 saturated carbocycles. The molecule has 0 aromatic heterocycles. The number of para-hydroxylation sites is 1. The standard InChI is InChI=1S/C16H26O3S.K.H/c1-2-3-4-5-6-7-8-12-15-20(17,18)19-16-13-10-9-11-14-16;;/h9-11,13-14H,2-8,12,15H2,1H3;;. The van der Waals surface area contributed by atoms with Crippen molar-refractivity contribution in [3.8, 4) is 5.75 Å². The van der Waals surface area contributed by atoms with E-state index in [0.29, 0.717) is 12.2 Å². The van der Waals surface area contributed by atoms with Crippen molar-refractivity contribution in [3.05, 3.63) is 30.3 Å². The Balaban J connectivity index is 0.00000400. The van der Waals surface area contributed by atoms with Crippen molar-refractivity contribution in [3.63, 3.8) is 0 Å². The molecule has 0 bridgehead atoms. The van der Waals surface area contributed by atoms with E-state index in [1.165, 1.54) is 32.1 Å². The fraction of sp³-hybridized carbons (Fsp3) is 0.625. The molecule has 116 valence electrons. The van der Waals surface area contributed by atoms with E-state index in [-0.39, 0.29) is 57.1 Å². The molecule has 0 spiro atoms. The second-order valence-corrected chi connectivity index (χ2v) is 6.82. The number of rotatable bonds is 11. The minimum atomic E-state index is -3.44. The molecule has 1 aromatic rings. The summed E-state index contributed by atoms with van der Waals surface area (Å²) in [4.78, 5) is 0. The van der Waals surface area contributed by atoms with E-state index in [9.17, 15) is 8.42 Å². The summed E-state index contributed by atoms with van der Waals surface area (Å²) in [5.74, 6) is 0.503. The van der Waals surface area contributed by atoms with Crippen LogP contribution in [-0.2, 0) is 10.1 Å². The summed E-state index contributed by atoms with van der Waals surface area (Å²) in [6.07, 6.45) is 9.10. The molecule has 1 aromatic carbocycles. The maximum absolute atomic E-state index is 11.8. The molecule has 0 aliphatic rings. The van der Waals surface area contributed by atoms with Gasteiger partial charge in [-0.3, -0.25) is 0 Å². The molecule has 21 heavy (non-hydrogen) atoms. The van der Waals surface area contributed by atoms with Crippen molar-refractivity contribution in [2.45, 2.75) is 58.3 Å². The van der Waals surface area contributed by atoms with Crippen LogP contribution < -0.4 is 4.18 Å². The second kappa shape index (κ2) is 13.1. The number of hydrogen-bond acceptors (Lipinski definition) is 3. The van der Waals surface area contributed by atoms with Gasteiger partial charge in [0.25, 0.3) is 0 Å². The fourth-order valence-corrected chi connectivity index (χ4v) is 3.12. The topological polar surface area (TPSA) is 43.4 Å². The van der Waals surface area contributed by atoms with Crippen molar-refractivity contribution in [2.24, 2.45) is 0 Å². The SMILES string of the molecule is CCCCCCCCCCS(=O)(=O)Oc1ccccc1.[KH]. The summed E-state index contributed by atoms with van der Waals surface area (Å²) in [7, 11) is -3.44. The molecule has 0 heterocycles. The fourth-order valence-electron chi connectivity index (χ4n) is 2.08. The summed E-state index contributed by atoms with van der Waals surface area (Å²) >= 11 is 0. The zero-order valence-corrected chi connectivity index (χ0v) is 13.2. The molecular weight excluding hydrogens is 311 g/mol. The van der Waals surface area contributed by atoms with Gasteiger partial charge in [0.05, 0.1) is 5.75 Å². The van der Waals surface area contributed by atoms with Gasteiger partial charge in [-0.1, -0.05) is 70.1 Å². The normalized spacial score (nSPS) is 10.9. The van der Waals surface area contributed by atoms with Crippen LogP contribution in [-0.4, -0.2) is 65.6 Å². The third kappa shape index (κ3) is 11.8. The van der Waals surface area contributed by atoms with E-state index in [1.54, 1.807) is 24.3 Å². The Bertz CT molecular complexity index is 446. The molecule has 0 fully saturated rings. The van der Waals surface area contributed by atoms with Crippen molar-refractivity contribution >= 4 is 61.5 Å². The van der Waals surface area contributed by atoms with E-state index in [4.69, 9.17) is 4.18 Å². The van der Waals surface area contributed by atoms with Gasteiger partial charge < -0.3 is 4.18 Å². The monoisotopic (exact) mass is 338 g/mol. The van der Waals surface area contributed by atoms with E-state index in [2.05, 4.69) is 6.92 Å². The molecule has 3 nitrogen and oxygen atoms in total. The van der Waals surface area contributed by atoms with Crippen LogP contribution in [0.1, 0.15) is 58.3 Å². The quantitative estimate of drug-likeness (QED) is 0.349. The van der Waals surface area contributed by atoms with Crippen LogP contribution >= 0.6 is 0 Å². The van der Waals surface area contributed by atoms with Crippen molar-refractivity contribution < 1.29 is 12.6 Å². The molecule has 0 aliphatic heterocycles. The Morgan fingerprint density at radius 2 is 1.38 bits per heavy atom. The minimum absolute atomic E-state index is 0. The molecule has 0 unspecified atom stereocenters. The predicted molar refractivity (Wildman–Crippen MR) is 90.6 cm³/mol. The third-order valence-electron chi connectivity index (χ3n) is 3.21. The first-order valence-electron chi connectivity index (χ1n) is 7.61. The van der Waals surface area contributed by atoms with Gasteiger partial charge >= 0.3 is 61.5 Å². The Labute approximate surface area is 172 Å². The molecule has 0 amide bonds.